The van der Waals surface area contributed by atoms with E-state index in [-0.39, 0.29) is 18.0 Å². The van der Waals surface area contributed by atoms with Gasteiger partial charge in [0.25, 0.3) is 5.91 Å². The molecule has 4 nitrogen and oxygen atoms in total. The first-order valence-corrected chi connectivity index (χ1v) is 11.4. The second-order valence-corrected chi connectivity index (χ2v) is 8.56. The number of anilines is 2. The maximum Gasteiger partial charge on any atom is 0.336 e. The maximum atomic E-state index is 13.6. The molecule has 1 aliphatic heterocycles. The third-order valence-corrected chi connectivity index (χ3v) is 6.02. The van der Waals surface area contributed by atoms with Crippen molar-refractivity contribution in [3.8, 4) is 0 Å². The van der Waals surface area contributed by atoms with E-state index in [1.807, 2.05) is 62.4 Å². The SMILES string of the molecule is C=C1C(=O)N(c2ccc(C)cc2)C(=O)N(c2ccc(C)cc2)C1CCCCCCCC. The molecule has 0 aliphatic carbocycles. The summed E-state index contributed by atoms with van der Waals surface area (Å²) in [6.45, 7) is 10.4. The Hall–Kier alpha value is -2.88. The average molecular weight is 419 g/mol. The highest BCUT2D eigenvalue weighted by molar-refractivity contribution is 6.27. The highest BCUT2D eigenvalue weighted by Gasteiger charge is 2.42. The van der Waals surface area contributed by atoms with Gasteiger partial charge in [-0.3, -0.25) is 9.69 Å². The van der Waals surface area contributed by atoms with Crippen molar-refractivity contribution in [2.75, 3.05) is 9.80 Å². The van der Waals surface area contributed by atoms with Gasteiger partial charge in [-0.1, -0.05) is 87.4 Å². The lowest BCUT2D eigenvalue weighted by Gasteiger charge is -2.41. The van der Waals surface area contributed by atoms with Crippen molar-refractivity contribution in [1.29, 1.82) is 0 Å². The van der Waals surface area contributed by atoms with Crippen LogP contribution in [0.25, 0.3) is 0 Å². The van der Waals surface area contributed by atoms with Crippen molar-refractivity contribution in [2.24, 2.45) is 0 Å². The van der Waals surface area contributed by atoms with Crippen LogP contribution in [0, 0.1) is 13.8 Å². The minimum atomic E-state index is -0.310. The zero-order chi connectivity index (χ0) is 22.4. The Morgan fingerprint density at radius 3 is 1.87 bits per heavy atom. The van der Waals surface area contributed by atoms with Crippen LogP contribution in [0.4, 0.5) is 16.2 Å². The van der Waals surface area contributed by atoms with E-state index < -0.39 is 0 Å². The molecule has 1 atom stereocenters. The Morgan fingerprint density at radius 1 is 0.774 bits per heavy atom. The van der Waals surface area contributed by atoms with Gasteiger partial charge >= 0.3 is 6.03 Å². The third-order valence-electron chi connectivity index (χ3n) is 6.02. The highest BCUT2D eigenvalue weighted by Crippen LogP contribution is 2.33. The molecule has 2 aromatic carbocycles. The van der Waals surface area contributed by atoms with Gasteiger partial charge in [0, 0.05) is 11.3 Å². The number of unbranched alkanes of at least 4 members (excludes halogenated alkanes) is 5. The molecule has 1 aliphatic rings. The summed E-state index contributed by atoms with van der Waals surface area (Å²) in [5.41, 5.74) is 4.07. The molecule has 0 aromatic heterocycles. The summed E-state index contributed by atoms with van der Waals surface area (Å²) in [6, 6.07) is 14.8. The minimum Gasteiger partial charge on any atom is -0.286 e. The van der Waals surface area contributed by atoms with Crippen LogP contribution in [-0.4, -0.2) is 18.0 Å². The first-order chi connectivity index (χ1) is 14.9. The molecule has 3 amide bonds. The van der Waals surface area contributed by atoms with Crippen LogP contribution >= 0.6 is 0 Å². The number of imide groups is 1. The number of amides is 3. The smallest absolute Gasteiger partial charge is 0.286 e. The molecular formula is C27H34N2O2. The van der Waals surface area contributed by atoms with Gasteiger partial charge in [0.1, 0.15) is 0 Å². The molecular weight excluding hydrogens is 384 g/mol. The van der Waals surface area contributed by atoms with Crippen molar-refractivity contribution in [3.63, 3.8) is 0 Å². The Bertz CT molecular complexity index is 915. The third kappa shape index (κ3) is 5.25. The first-order valence-electron chi connectivity index (χ1n) is 11.4. The molecule has 1 heterocycles. The second-order valence-electron chi connectivity index (χ2n) is 8.56. The van der Waals surface area contributed by atoms with Crippen molar-refractivity contribution >= 4 is 23.3 Å². The van der Waals surface area contributed by atoms with Crippen molar-refractivity contribution < 1.29 is 9.59 Å². The van der Waals surface area contributed by atoms with Gasteiger partial charge < -0.3 is 0 Å². The van der Waals surface area contributed by atoms with Gasteiger partial charge in [0.05, 0.1) is 11.7 Å². The maximum absolute atomic E-state index is 13.6. The number of benzene rings is 2. The zero-order valence-electron chi connectivity index (χ0n) is 19.1. The van der Waals surface area contributed by atoms with Crippen molar-refractivity contribution in [2.45, 2.75) is 71.8 Å². The van der Waals surface area contributed by atoms with Crippen LogP contribution < -0.4 is 9.80 Å². The van der Waals surface area contributed by atoms with E-state index in [1.165, 1.54) is 30.6 Å². The summed E-state index contributed by atoms with van der Waals surface area (Å²) in [5, 5.41) is 0. The number of rotatable bonds is 9. The van der Waals surface area contributed by atoms with Crippen LogP contribution in [0.2, 0.25) is 0 Å². The normalized spacial score (nSPS) is 16.9. The number of hydrogen-bond acceptors (Lipinski definition) is 2. The topological polar surface area (TPSA) is 40.6 Å². The molecule has 1 fully saturated rings. The molecule has 0 bridgehead atoms. The van der Waals surface area contributed by atoms with Gasteiger partial charge in [-0.15, -0.1) is 0 Å². The average Bonchev–Trinajstić information content (AvgIpc) is 2.76. The van der Waals surface area contributed by atoms with Crippen LogP contribution in [0.15, 0.2) is 60.7 Å². The summed E-state index contributed by atoms with van der Waals surface area (Å²) < 4.78 is 0. The number of carbonyl (C=O) groups excluding carboxylic acids is 2. The summed E-state index contributed by atoms with van der Waals surface area (Å²) in [6.07, 6.45) is 7.73. The van der Waals surface area contributed by atoms with E-state index in [1.54, 1.807) is 4.90 Å². The Morgan fingerprint density at radius 2 is 1.29 bits per heavy atom. The fourth-order valence-corrected chi connectivity index (χ4v) is 4.11. The van der Waals surface area contributed by atoms with E-state index >= 15 is 0 Å². The lowest BCUT2D eigenvalue weighted by Crippen LogP contribution is -2.58. The Labute approximate surface area is 186 Å². The first kappa shape index (κ1) is 22.8. The van der Waals surface area contributed by atoms with Crippen LogP contribution in [0.1, 0.15) is 63.0 Å². The van der Waals surface area contributed by atoms with Gasteiger partial charge in [-0.25, -0.2) is 9.69 Å². The number of carbonyl (C=O) groups is 2. The molecule has 2 aromatic rings. The summed E-state index contributed by atoms with van der Waals surface area (Å²) in [5.74, 6) is -0.298. The fourth-order valence-electron chi connectivity index (χ4n) is 4.11. The van der Waals surface area contributed by atoms with Crippen LogP contribution in [0.3, 0.4) is 0 Å². The standard InChI is InChI=1S/C27H34N2O2/c1-5-6-7-8-9-10-11-25-22(4)26(30)29(24-18-14-21(3)15-19-24)27(31)28(25)23-16-12-20(2)13-17-23/h12-19,25H,4-11H2,1-3H3. The molecule has 164 valence electrons. The Kier molecular flexibility index (Phi) is 7.67. The summed E-state index contributed by atoms with van der Waals surface area (Å²) >= 11 is 0. The number of aryl methyl sites for hydroxylation is 2. The Balaban J connectivity index is 1.88. The van der Waals surface area contributed by atoms with E-state index in [2.05, 4.69) is 13.5 Å². The molecule has 1 saturated heterocycles. The van der Waals surface area contributed by atoms with Crippen LogP contribution in [-0.2, 0) is 4.79 Å². The molecule has 0 spiro atoms. The predicted octanol–water partition coefficient (Wildman–Crippen LogP) is 6.95. The zero-order valence-corrected chi connectivity index (χ0v) is 19.1. The number of nitrogens with zero attached hydrogens (tertiary/aromatic N) is 2. The van der Waals surface area contributed by atoms with Crippen molar-refractivity contribution in [1.82, 2.24) is 0 Å². The fraction of sp³-hybridized carbons (Fsp3) is 0.407. The van der Waals surface area contributed by atoms with E-state index in [4.69, 9.17) is 0 Å². The summed E-state index contributed by atoms with van der Waals surface area (Å²) in [7, 11) is 0. The van der Waals surface area contributed by atoms with Gasteiger partial charge in [0.2, 0.25) is 0 Å². The summed E-state index contributed by atoms with van der Waals surface area (Å²) in [4.78, 5) is 29.9. The monoisotopic (exact) mass is 418 g/mol. The highest BCUT2D eigenvalue weighted by atomic mass is 16.2. The lowest BCUT2D eigenvalue weighted by molar-refractivity contribution is -0.115. The van der Waals surface area contributed by atoms with Gasteiger partial charge in [-0.05, 0) is 44.5 Å². The number of hydrogen-bond donors (Lipinski definition) is 0. The van der Waals surface area contributed by atoms with Crippen LogP contribution in [0.5, 0.6) is 0 Å². The van der Waals surface area contributed by atoms with E-state index in [0.717, 1.165) is 36.1 Å². The van der Waals surface area contributed by atoms with Gasteiger partial charge in [0.15, 0.2) is 0 Å². The molecule has 0 N–H and O–H groups in total. The molecule has 0 radical (unpaired) electrons. The van der Waals surface area contributed by atoms with Gasteiger partial charge in [-0.2, -0.15) is 0 Å². The molecule has 1 unspecified atom stereocenters. The van der Waals surface area contributed by atoms with Crippen molar-refractivity contribution in [3.05, 3.63) is 71.8 Å². The molecule has 0 saturated carbocycles. The van der Waals surface area contributed by atoms with E-state index in [0.29, 0.717) is 11.3 Å². The second kappa shape index (κ2) is 10.4. The molecule has 3 rings (SSSR count). The minimum absolute atomic E-state index is 0.298. The van der Waals surface area contributed by atoms with E-state index in [9.17, 15) is 9.59 Å². The molecule has 31 heavy (non-hydrogen) atoms. The quantitative estimate of drug-likeness (QED) is 0.326. The lowest BCUT2D eigenvalue weighted by atomic mass is 9.95. The molecule has 4 heteroatoms. The predicted molar refractivity (Wildman–Crippen MR) is 129 cm³/mol. The number of urea groups is 1. The largest absolute Gasteiger partial charge is 0.336 e.